The van der Waals surface area contributed by atoms with E-state index in [2.05, 4.69) is 55.9 Å². The summed E-state index contributed by atoms with van der Waals surface area (Å²) in [6.45, 7) is 0.956. The zero-order valence-corrected chi connectivity index (χ0v) is 24.3. The Morgan fingerprint density at radius 2 is 1.25 bits per heavy atom. The highest BCUT2D eigenvalue weighted by Gasteiger charge is 2.41. The monoisotopic (exact) mass is 733 g/mol. The van der Waals surface area contributed by atoms with E-state index in [1.807, 2.05) is 0 Å². The minimum absolute atomic E-state index is 0.0538. The van der Waals surface area contributed by atoms with Gasteiger partial charge in [-0.25, -0.2) is 5.01 Å². The van der Waals surface area contributed by atoms with Crippen molar-refractivity contribution in [1.29, 1.82) is 0 Å². The van der Waals surface area contributed by atoms with Gasteiger partial charge in [0.05, 0.1) is 13.1 Å². The zero-order chi connectivity index (χ0) is 26.4. The van der Waals surface area contributed by atoms with Crippen molar-refractivity contribution < 1.29 is 24.2 Å². The Hall–Kier alpha value is -1.01. The molecule has 6 atom stereocenters. The Morgan fingerprint density at radius 3 is 1.67 bits per heavy atom. The van der Waals surface area contributed by atoms with Gasteiger partial charge in [-0.05, 0) is 38.8 Å². The predicted molar refractivity (Wildman–Crippen MR) is 147 cm³/mol. The first kappa shape index (κ1) is 29.5. The number of carbonyl (C=O) groups is 3. The number of nitrogens with zero attached hydrogens (tertiary/aromatic N) is 3. The smallest absolute Gasteiger partial charge is 0.237 e. The second-order valence-electron chi connectivity index (χ2n) is 10.0. The maximum atomic E-state index is 13.3. The molecule has 0 aromatic carbocycles. The van der Waals surface area contributed by atoms with E-state index >= 15 is 0 Å². The molecular formula is C22H33I2N5O7. The number of ketones is 2. The number of hydrogen-bond donors (Lipinski definition) is 2. The fourth-order valence-electron chi connectivity index (χ4n) is 5.35. The topological polar surface area (TPSA) is 165 Å². The molecule has 6 unspecified atom stereocenters. The molecule has 3 rings (SSSR count). The summed E-state index contributed by atoms with van der Waals surface area (Å²) in [6.07, 6.45) is 3.55. The molecule has 1 heterocycles. The lowest BCUT2D eigenvalue weighted by molar-refractivity contribution is -0.527. The number of halogens is 2. The van der Waals surface area contributed by atoms with Crippen LogP contribution in [-0.4, -0.2) is 78.4 Å². The highest BCUT2D eigenvalue weighted by Crippen LogP contribution is 2.34. The van der Waals surface area contributed by atoms with Gasteiger partial charge >= 0.3 is 0 Å². The van der Waals surface area contributed by atoms with Crippen molar-refractivity contribution in [3.8, 4) is 0 Å². The van der Waals surface area contributed by atoms with Crippen LogP contribution in [-0.2, 0) is 14.4 Å². The van der Waals surface area contributed by atoms with E-state index in [1.54, 1.807) is 0 Å². The third-order valence-electron chi connectivity index (χ3n) is 7.57. The highest BCUT2D eigenvalue weighted by molar-refractivity contribution is 14.1. The van der Waals surface area contributed by atoms with Crippen LogP contribution < -0.4 is 10.7 Å². The van der Waals surface area contributed by atoms with Crippen LogP contribution in [0.2, 0.25) is 0 Å². The van der Waals surface area contributed by atoms with Gasteiger partial charge in [0.1, 0.15) is 0 Å². The van der Waals surface area contributed by atoms with Crippen molar-refractivity contribution in [3.05, 3.63) is 20.2 Å². The van der Waals surface area contributed by atoms with Crippen LogP contribution >= 0.6 is 45.2 Å². The lowest BCUT2D eigenvalue weighted by Crippen LogP contribution is -2.53. The molecule has 2 aliphatic carbocycles. The van der Waals surface area contributed by atoms with Crippen LogP contribution in [0.15, 0.2) is 0 Å². The zero-order valence-electron chi connectivity index (χ0n) is 20.0. The number of alkyl halides is 2. The van der Waals surface area contributed by atoms with E-state index in [-0.39, 0.29) is 67.0 Å². The predicted octanol–water partition coefficient (Wildman–Crippen LogP) is 1.96. The molecule has 0 radical (unpaired) electrons. The van der Waals surface area contributed by atoms with Crippen molar-refractivity contribution in [2.45, 2.75) is 71.3 Å². The molecule has 1 saturated heterocycles. The van der Waals surface area contributed by atoms with E-state index < -0.39 is 23.9 Å². The Morgan fingerprint density at radius 1 is 0.806 bits per heavy atom. The van der Waals surface area contributed by atoms with Gasteiger partial charge in [0.2, 0.25) is 18.0 Å². The van der Waals surface area contributed by atoms with Crippen LogP contribution in [0.5, 0.6) is 0 Å². The Kier molecular flexibility index (Phi) is 11.2. The molecule has 2 saturated carbocycles. The van der Waals surface area contributed by atoms with Gasteiger partial charge in [-0.15, -0.1) is 0 Å². The number of hydrazine groups is 1. The molecule has 3 aliphatic rings. The summed E-state index contributed by atoms with van der Waals surface area (Å²) in [5.74, 6) is -2.04. The molecule has 1 amide bonds. The second-order valence-corrected chi connectivity index (χ2v) is 13.2. The SMILES string of the molecule is O=C(NN(CC(=O)C1CC([N+](=O)[O-])CCC1I)CC(=O)C1CC([N+](=O)[O-])CCC1I)C1CCNCC1. The van der Waals surface area contributed by atoms with Crippen molar-refractivity contribution in [3.63, 3.8) is 0 Å². The van der Waals surface area contributed by atoms with Crippen molar-refractivity contribution in [1.82, 2.24) is 15.8 Å². The molecule has 12 nitrogen and oxygen atoms in total. The minimum Gasteiger partial charge on any atom is -0.317 e. The highest BCUT2D eigenvalue weighted by atomic mass is 127. The fraction of sp³-hybridized carbons (Fsp3) is 0.864. The Labute approximate surface area is 237 Å². The number of hydrogen-bond acceptors (Lipinski definition) is 9. The molecule has 1 aliphatic heterocycles. The normalized spacial score (nSPS) is 31.5. The Balaban J connectivity index is 1.71. The number of amides is 1. The average Bonchev–Trinajstić information content (AvgIpc) is 2.84. The molecule has 2 N–H and O–H groups in total. The second kappa shape index (κ2) is 13.7. The van der Waals surface area contributed by atoms with Gasteiger partial charge in [0.15, 0.2) is 11.6 Å². The summed E-state index contributed by atoms with van der Waals surface area (Å²) < 4.78 is -0.108. The molecule has 0 aromatic heterocycles. The first-order valence-electron chi connectivity index (χ1n) is 12.4. The summed E-state index contributed by atoms with van der Waals surface area (Å²) in [7, 11) is 0. The van der Waals surface area contributed by atoms with Crippen LogP contribution in [0.4, 0.5) is 0 Å². The number of nitro groups is 2. The van der Waals surface area contributed by atoms with Crippen molar-refractivity contribution in [2.75, 3.05) is 26.2 Å². The lowest BCUT2D eigenvalue weighted by Gasteiger charge is -2.33. The lowest BCUT2D eigenvalue weighted by atomic mass is 9.82. The molecule has 0 spiro atoms. The largest absolute Gasteiger partial charge is 0.317 e. The first-order chi connectivity index (χ1) is 17.1. The maximum absolute atomic E-state index is 13.3. The Bertz CT molecular complexity index is 805. The van der Waals surface area contributed by atoms with E-state index in [9.17, 15) is 34.6 Å². The third-order valence-corrected chi connectivity index (χ3v) is 10.6. The molecule has 36 heavy (non-hydrogen) atoms. The summed E-state index contributed by atoms with van der Waals surface area (Å²) in [5, 5.41) is 27.2. The van der Waals surface area contributed by atoms with E-state index in [0.29, 0.717) is 51.6 Å². The van der Waals surface area contributed by atoms with Crippen LogP contribution in [0.3, 0.4) is 0 Å². The van der Waals surface area contributed by atoms with Crippen molar-refractivity contribution in [2.24, 2.45) is 17.8 Å². The quantitative estimate of drug-likeness (QED) is 0.148. The van der Waals surface area contributed by atoms with Crippen molar-refractivity contribution >= 4 is 62.7 Å². The minimum atomic E-state index is -0.773. The summed E-state index contributed by atoms with van der Waals surface area (Å²) in [4.78, 5) is 61.5. The van der Waals surface area contributed by atoms with Gasteiger partial charge in [-0.2, -0.15) is 0 Å². The number of nitrogens with one attached hydrogen (secondary N) is 2. The molecule has 0 aromatic rings. The summed E-state index contributed by atoms with van der Waals surface area (Å²) in [5.41, 5.74) is 2.78. The number of carbonyl (C=O) groups excluding carboxylic acids is 3. The fourth-order valence-corrected chi connectivity index (χ4v) is 7.46. The third kappa shape index (κ3) is 7.99. The molecule has 14 heteroatoms. The average molecular weight is 733 g/mol. The van der Waals surface area contributed by atoms with Gasteiger partial charge < -0.3 is 5.32 Å². The molecular weight excluding hydrogens is 700 g/mol. The van der Waals surface area contributed by atoms with Crippen LogP contribution in [0, 0.1) is 38.0 Å². The number of rotatable bonds is 10. The van der Waals surface area contributed by atoms with Crippen LogP contribution in [0.1, 0.15) is 51.4 Å². The van der Waals surface area contributed by atoms with E-state index in [1.165, 1.54) is 5.01 Å². The van der Waals surface area contributed by atoms with Gasteiger partial charge in [-0.3, -0.25) is 40.0 Å². The summed E-state index contributed by atoms with van der Waals surface area (Å²) >= 11 is 4.32. The first-order valence-corrected chi connectivity index (χ1v) is 14.9. The number of piperidine rings is 1. The van der Waals surface area contributed by atoms with Crippen LogP contribution in [0.25, 0.3) is 0 Å². The van der Waals surface area contributed by atoms with Gasteiger partial charge in [0, 0.05) is 61.1 Å². The summed E-state index contributed by atoms with van der Waals surface area (Å²) in [6, 6.07) is -1.55. The van der Waals surface area contributed by atoms with E-state index in [4.69, 9.17) is 0 Å². The molecule has 3 fully saturated rings. The standard InChI is InChI=1S/C22H33I2N5O7/c23-18-3-1-14(28(33)34)9-16(18)20(30)11-27(26-22(32)13-5-7-25-8-6-13)12-21(31)17-10-15(29(35)36)2-4-19(17)24/h13-19,25H,1-12H2,(H,26,32). The molecule has 0 bridgehead atoms. The molecule has 202 valence electrons. The maximum Gasteiger partial charge on any atom is 0.237 e. The van der Waals surface area contributed by atoms with Gasteiger partial charge in [0.25, 0.3) is 0 Å². The van der Waals surface area contributed by atoms with E-state index in [0.717, 1.165) is 0 Å². The number of Topliss-reactive ketones (excluding diaryl/α,β-unsaturated/α-hetero) is 2. The van der Waals surface area contributed by atoms with Gasteiger partial charge in [-0.1, -0.05) is 45.2 Å².